The fraction of sp³-hybridized carbons (Fsp3) is 0.875. The Kier molecular flexibility index (Phi) is 4.45. The van der Waals surface area contributed by atoms with E-state index in [4.69, 9.17) is 0 Å². The van der Waals surface area contributed by atoms with E-state index in [0.29, 0.717) is 12.1 Å². The lowest BCUT2D eigenvalue weighted by Crippen LogP contribution is -2.63. The normalized spacial score (nSPS) is 25.3. The van der Waals surface area contributed by atoms with Crippen LogP contribution < -0.4 is 5.32 Å². The molecule has 1 aromatic heterocycles. The number of hydrogen-bond acceptors (Lipinski definition) is 4. The summed E-state index contributed by atoms with van der Waals surface area (Å²) < 4.78 is 1.88. The van der Waals surface area contributed by atoms with E-state index in [1.165, 1.54) is 0 Å². The lowest BCUT2D eigenvalue weighted by molar-refractivity contribution is 0.0224. The fourth-order valence-electron chi connectivity index (χ4n) is 3.06. The molecule has 0 bridgehead atoms. The van der Waals surface area contributed by atoms with Gasteiger partial charge in [0.2, 0.25) is 0 Å². The van der Waals surface area contributed by atoms with Gasteiger partial charge in [0, 0.05) is 32.2 Å². The molecular formula is C16H31N5. The topological polar surface area (TPSA) is 46.0 Å². The van der Waals surface area contributed by atoms with Crippen molar-refractivity contribution in [3.8, 4) is 0 Å². The maximum absolute atomic E-state index is 4.40. The monoisotopic (exact) mass is 293 g/mol. The van der Waals surface area contributed by atoms with Gasteiger partial charge in [-0.25, -0.2) is 4.98 Å². The molecule has 1 aromatic rings. The Morgan fingerprint density at radius 3 is 2.33 bits per heavy atom. The van der Waals surface area contributed by atoms with Gasteiger partial charge in [0.15, 0.2) is 0 Å². The summed E-state index contributed by atoms with van der Waals surface area (Å²) in [6, 6.07) is 1.01. The first-order valence-corrected chi connectivity index (χ1v) is 7.89. The van der Waals surface area contributed by atoms with Gasteiger partial charge in [-0.05, 0) is 10.8 Å². The van der Waals surface area contributed by atoms with Crippen molar-refractivity contribution in [2.24, 2.45) is 17.9 Å². The van der Waals surface area contributed by atoms with Gasteiger partial charge in [-0.15, -0.1) is 0 Å². The molecule has 0 spiro atoms. The van der Waals surface area contributed by atoms with E-state index in [9.17, 15) is 0 Å². The molecule has 1 fully saturated rings. The molecule has 2 rings (SSSR count). The maximum Gasteiger partial charge on any atom is 0.140 e. The van der Waals surface area contributed by atoms with Crippen LogP contribution in [0.3, 0.4) is 0 Å². The number of nitrogens with one attached hydrogen (secondary N) is 1. The van der Waals surface area contributed by atoms with Crippen molar-refractivity contribution in [2.45, 2.75) is 60.2 Å². The predicted octanol–water partition coefficient (Wildman–Crippen LogP) is 2.05. The molecule has 0 aromatic carbocycles. The van der Waals surface area contributed by atoms with Gasteiger partial charge < -0.3 is 5.32 Å². The third-order valence-electron chi connectivity index (χ3n) is 4.61. The number of hydrogen-bond donors (Lipinski definition) is 1. The molecule has 0 radical (unpaired) electrons. The smallest absolute Gasteiger partial charge is 0.140 e. The Balaban J connectivity index is 2.19. The standard InChI is InChI=1S/C16H31N5/c1-15(2,3)12-9-21(10-14-18-11-19-20(14)7)13(8-17-12)16(4,5)6/h11-13,17H,8-10H2,1-7H3. The second kappa shape index (κ2) is 5.69. The fourth-order valence-corrected chi connectivity index (χ4v) is 3.06. The summed E-state index contributed by atoms with van der Waals surface area (Å²) in [5.41, 5.74) is 0.509. The third kappa shape index (κ3) is 3.83. The summed E-state index contributed by atoms with van der Waals surface area (Å²) in [7, 11) is 1.97. The molecule has 2 heterocycles. The van der Waals surface area contributed by atoms with Crippen molar-refractivity contribution in [1.82, 2.24) is 25.0 Å². The summed E-state index contributed by atoms with van der Waals surface area (Å²) >= 11 is 0. The van der Waals surface area contributed by atoms with Gasteiger partial charge in [0.05, 0.1) is 6.54 Å². The molecule has 1 aliphatic heterocycles. The van der Waals surface area contributed by atoms with Crippen LogP contribution in [0.1, 0.15) is 47.4 Å². The minimum absolute atomic E-state index is 0.244. The highest BCUT2D eigenvalue weighted by Crippen LogP contribution is 2.31. The summed E-state index contributed by atoms with van der Waals surface area (Å²) in [5, 5.41) is 7.96. The second-order valence-electron chi connectivity index (χ2n) is 8.44. The number of aromatic nitrogens is 3. The molecular weight excluding hydrogens is 262 g/mol. The van der Waals surface area contributed by atoms with Gasteiger partial charge in [0.25, 0.3) is 0 Å². The summed E-state index contributed by atoms with van der Waals surface area (Å²) in [4.78, 5) is 6.98. The largest absolute Gasteiger partial charge is 0.311 e. The van der Waals surface area contributed by atoms with E-state index in [1.54, 1.807) is 6.33 Å². The van der Waals surface area contributed by atoms with Gasteiger partial charge in [-0.2, -0.15) is 5.10 Å². The van der Waals surface area contributed by atoms with E-state index in [0.717, 1.165) is 25.5 Å². The highest BCUT2D eigenvalue weighted by Gasteiger charge is 2.39. The third-order valence-corrected chi connectivity index (χ3v) is 4.61. The van der Waals surface area contributed by atoms with Gasteiger partial charge in [0.1, 0.15) is 12.2 Å². The average Bonchev–Trinajstić information content (AvgIpc) is 2.72. The Morgan fingerprint density at radius 1 is 1.19 bits per heavy atom. The van der Waals surface area contributed by atoms with Crippen LogP contribution in [-0.4, -0.2) is 44.8 Å². The Morgan fingerprint density at radius 2 is 1.86 bits per heavy atom. The number of aryl methyl sites for hydroxylation is 1. The van der Waals surface area contributed by atoms with Crippen molar-refractivity contribution in [1.29, 1.82) is 0 Å². The molecule has 1 aliphatic rings. The van der Waals surface area contributed by atoms with Gasteiger partial charge in [-0.3, -0.25) is 9.58 Å². The average molecular weight is 293 g/mol. The summed E-state index contributed by atoms with van der Waals surface area (Å²) in [6.45, 7) is 16.8. The quantitative estimate of drug-likeness (QED) is 0.906. The molecule has 1 saturated heterocycles. The summed E-state index contributed by atoms with van der Waals surface area (Å²) in [5.74, 6) is 1.04. The molecule has 5 heteroatoms. The van der Waals surface area contributed by atoms with Gasteiger partial charge in [-0.1, -0.05) is 41.5 Å². The van der Waals surface area contributed by atoms with Crippen molar-refractivity contribution in [2.75, 3.05) is 13.1 Å². The molecule has 5 nitrogen and oxygen atoms in total. The van der Waals surface area contributed by atoms with Crippen molar-refractivity contribution in [3.63, 3.8) is 0 Å². The first kappa shape index (κ1) is 16.4. The van der Waals surface area contributed by atoms with Crippen molar-refractivity contribution < 1.29 is 0 Å². The first-order valence-electron chi connectivity index (χ1n) is 7.89. The van der Waals surface area contributed by atoms with Crippen LogP contribution in [0.25, 0.3) is 0 Å². The van der Waals surface area contributed by atoms with E-state index in [2.05, 4.69) is 61.8 Å². The zero-order chi connectivity index (χ0) is 15.8. The molecule has 120 valence electrons. The predicted molar refractivity (Wildman–Crippen MR) is 85.9 cm³/mol. The van der Waals surface area contributed by atoms with Crippen LogP contribution in [-0.2, 0) is 13.6 Å². The molecule has 0 saturated carbocycles. The highest BCUT2D eigenvalue weighted by atomic mass is 15.3. The number of rotatable bonds is 2. The lowest BCUT2D eigenvalue weighted by Gasteiger charge is -2.49. The zero-order valence-electron chi connectivity index (χ0n) is 14.6. The van der Waals surface area contributed by atoms with Crippen LogP contribution in [0.5, 0.6) is 0 Å². The van der Waals surface area contributed by atoms with Crippen LogP contribution in [0.4, 0.5) is 0 Å². The SMILES string of the molecule is Cn1ncnc1CN1CC(C(C)(C)C)NCC1C(C)(C)C. The number of piperazine rings is 1. The molecule has 2 atom stereocenters. The Hall–Kier alpha value is -0.940. The summed E-state index contributed by atoms with van der Waals surface area (Å²) in [6.07, 6.45) is 1.64. The Labute approximate surface area is 129 Å². The van der Waals surface area contributed by atoms with Crippen LogP contribution in [0.2, 0.25) is 0 Å². The van der Waals surface area contributed by atoms with Gasteiger partial charge >= 0.3 is 0 Å². The van der Waals surface area contributed by atoms with Crippen molar-refractivity contribution in [3.05, 3.63) is 12.2 Å². The number of nitrogens with zero attached hydrogens (tertiary/aromatic N) is 4. The van der Waals surface area contributed by atoms with E-state index in [1.807, 2.05) is 11.7 Å². The lowest BCUT2D eigenvalue weighted by atomic mass is 9.79. The molecule has 21 heavy (non-hydrogen) atoms. The first-order chi connectivity index (χ1) is 9.59. The second-order valence-corrected chi connectivity index (χ2v) is 8.44. The van der Waals surface area contributed by atoms with Crippen molar-refractivity contribution >= 4 is 0 Å². The van der Waals surface area contributed by atoms with Crippen LogP contribution in [0, 0.1) is 10.8 Å². The Bertz CT molecular complexity index is 466. The molecule has 0 amide bonds. The minimum Gasteiger partial charge on any atom is -0.311 e. The van der Waals surface area contributed by atoms with Crippen LogP contribution in [0.15, 0.2) is 6.33 Å². The van der Waals surface area contributed by atoms with E-state index >= 15 is 0 Å². The highest BCUT2D eigenvalue weighted by molar-refractivity contribution is 4.98. The molecule has 1 N–H and O–H groups in total. The maximum atomic E-state index is 4.40. The molecule has 0 aliphatic carbocycles. The minimum atomic E-state index is 0.244. The molecule has 2 unspecified atom stereocenters. The van der Waals surface area contributed by atoms with E-state index in [-0.39, 0.29) is 10.8 Å². The van der Waals surface area contributed by atoms with E-state index < -0.39 is 0 Å². The van der Waals surface area contributed by atoms with Crippen LogP contribution >= 0.6 is 0 Å². The zero-order valence-corrected chi connectivity index (χ0v) is 14.6.